The fourth-order valence-electron chi connectivity index (χ4n) is 5.42. The van der Waals surface area contributed by atoms with Gasteiger partial charge < -0.3 is 9.47 Å². The van der Waals surface area contributed by atoms with Gasteiger partial charge in [-0.15, -0.1) is 0 Å². The van der Waals surface area contributed by atoms with Gasteiger partial charge in [-0.1, -0.05) is 109 Å². The monoisotopic (exact) mass is 536 g/mol. The molecule has 2 atom stereocenters. The van der Waals surface area contributed by atoms with Crippen molar-refractivity contribution in [3.8, 4) is 11.5 Å². The molecule has 0 fully saturated rings. The molecule has 0 N–H and O–H groups in total. The quantitative estimate of drug-likeness (QED) is 0.122. The van der Waals surface area contributed by atoms with Crippen molar-refractivity contribution in [2.45, 2.75) is 120 Å². The first kappa shape index (κ1) is 32.6. The van der Waals surface area contributed by atoms with E-state index in [1.54, 1.807) is 0 Å². The highest BCUT2D eigenvalue weighted by Crippen LogP contribution is 2.41. The predicted molar refractivity (Wildman–Crippen MR) is 163 cm³/mol. The molecule has 0 bridgehead atoms. The van der Waals surface area contributed by atoms with Crippen LogP contribution in [0, 0.1) is 24.7 Å². The van der Waals surface area contributed by atoms with Gasteiger partial charge in [0.2, 0.25) is 0 Å². The van der Waals surface area contributed by atoms with Crippen molar-refractivity contribution in [3.05, 3.63) is 47.0 Å². The molecule has 4 nitrogen and oxygen atoms in total. The second kappa shape index (κ2) is 16.5. The summed E-state index contributed by atoms with van der Waals surface area (Å²) in [6.07, 6.45) is 14.4. The smallest absolute Gasteiger partial charge is 0.308 e. The molecule has 0 aliphatic rings. The van der Waals surface area contributed by atoms with E-state index in [1.165, 1.54) is 70.8 Å². The van der Waals surface area contributed by atoms with E-state index in [-0.39, 0.29) is 11.9 Å². The van der Waals surface area contributed by atoms with E-state index in [2.05, 4.69) is 40.7 Å². The number of carbonyl (C=O) groups is 2. The Morgan fingerprint density at radius 2 is 1.23 bits per heavy atom. The summed E-state index contributed by atoms with van der Waals surface area (Å²) < 4.78 is 11.4. The maximum atomic E-state index is 12.0. The number of fused-ring (bicyclic) bond motifs is 1. The molecule has 0 aliphatic heterocycles. The molecule has 0 unspecified atom stereocenters. The largest absolute Gasteiger partial charge is 0.426 e. The summed E-state index contributed by atoms with van der Waals surface area (Å²) in [5, 5.41) is 1.54. The van der Waals surface area contributed by atoms with Crippen LogP contribution in [0.1, 0.15) is 117 Å². The first-order valence-electron chi connectivity index (χ1n) is 15.1. The van der Waals surface area contributed by atoms with Crippen LogP contribution in [0.15, 0.2) is 35.9 Å². The van der Waals surface area contributed by atoms with E-state index in [0.717, 1.165) is 46.1 Å². The number of ether oxygens (including phenoxy) is 2. The van der Waals surface area contributed by atoms with Gasteiger partial charge in [-0.05, 0) is 56.4 Å². The molecule has 0 aromatic heterocycles. The second-order valence-corrected chi connectivity index (χ2v) is 12.1. The Kier molecular flexibility index (Phi) is 13.8. The Morgan fingerprint density at radius 3 is 1.77 bits per heavy atom. The van der Waals surface area contributed by atoms with Gasteiger partial charge in [0, 0.05) is 30.2 Å². The summed E-state index contributed by atoms with van der Waals surface area (Å²) in [5.74, 6) is 2.79. The van der Waals surface area contributed by atoms with Crippen LogP contribution in [0.25, 0.3) is 10.8 Å². The van der Waals surface area contributed by atoms with Crippen molar-refractivity contribution in [1.29, 1.82) is 0 Å². The van der Waals surface area contributed by atoms with Crippen molar-refractivity contribution in [2.75, 3.05) is 0 Å². The van der Waals surface area contributed by atoms with E-state index < -0.39 is 0 Å². The van der Waals surface area contributed by atoms with Crippen LogP contribution in [0.4, 0.5) is 0 Å². The highest BCUT2D eigenvalue weighted by atomic mass is 16.5. The van der Waals surface area contributed by atoms with Crippen LogP contribution in [-0.2, 0) is 16.0 Å². The topological polar surface area (TPSA) is 52.6 Å². The minimum absolute atomic E-state index is 0.360. The molecule has 2 aromatic carbocycles. The lowest BCUT2D eigenvalue weighted by Crippen LogP contribution is -2.09. The molecule has 0 saturated carbocycles. The zero-order valence-corrected chi connectivity index (χ0v) is 25.8. The van der Waals surface area contributed by atoms with Crippen molar-refractivity contribution in [3.63, 3.8) is 0 Å². The summed E-state index contributed by atoms with van der Waals surface area (Å²) in [6, 6.07) is 7.61. The minimum Gasteiger partial charge on any atom is -0.426 e. The highest BCUT2D eigenvalue weighted by Gasteiger charge is 2.20. The number of carbonyl (C=O) groups excluding carboxylic acids is 2. The van der Waals surface area contributed by atoms with Crippen LogP contribution in [0.5, 0.6) is 11.5 Å². The number of hydrogen-bond acceptors (Lipinski definition) is 4. The molecule has 216 valence electrons. The predicted octanol–water partition coefficient (Wildman–Crippen LogP) is 9.93. The Bertz CT molecular complexity index is 1110. The average molecular weight is 537 g/mol. The molecule has 0 aliphatic carbocycles. The number of rotatable bonds is 16. The van der Waals surface area contributed by atoms with Crippen molar-refractivity contribution in [1.82, 2.24) is 0 Å². The lowest BCUT2D eigenvalue weighted by molar-refractivity contribution is -0.133. The fraction of sp³-hybridized carbons (Fsp3) is 0.600. The lowest BCUT2D eigenvalue weighted by Gasteiger charge is -2.19. The third kappa shape index (κ3) is 11.2. The zero-order chi connectivity index (χ0) is 28.9. The summed E-state index contributed by atoms with van der Waals surface area (Å²) in [6.45, 7) is 16.4. The van der Waals surface area contributed by atoms with Gasteiger partial charge >= 0.3 is 11.9 Å². The van der Waals surface area contributed by atoms with Crippen LogP contribution in [0.2, 0.25) is 0 Å². The molecule has 0 radical (unpaired) electrons. The van der Waals surface area contributed by atoms with Crippen molar-refractivity contribution in [2.24, 2.45) is 17.8 Å². The molecule has 4 heteroatoms. The van der Waals surface area contributed by atoms with E-state index in [4.69, 9.17) is 9.47 Å². The second-order valence-electron chi connectivity index (χ2n) is 12.1. The van der Waals surface area contributed by atoms with E-state index in [0.29, 0.717) is 17.9 Å². The minimum atomic E-state index is -0.365. The molecular formula is C35H52O4. The van der Waals surface area contributed by atoms with Crippen LogP contribution in [0.3, 0.4) is 0 Å². The Balaban J connectivity index is 1.99. The molecule has 39 heavy (non-hydrogen) atoms. The molecule has 0 saturated heterocycles. The lowest BCUT2D eigenvalue weighted by atomic mass is 9.91. The first-order valence-corrected chi connectivity index (χ1v) is 15.1. The number of esters is 2. The van der Waals surface area contributed by atoms with E-state index in [1.807, 2.05) is 31.2 Å². The number of allylic oxidation sites excluding steroid dienone is 2. The van der Waals surface area contributed by atoms with E-state index in [9.17, 15) is 9.59 Å². The van der Waals surface area contributed by atoms with Gasteiger partial charge in [0.1, 0.15) is 11.5 Å². The van der Waals surface area contributed by atoms with E-state index >= 15 is 0 Å². The molecular weight excluding hydrogens is 484 g/mol. The molecule has 0 spiro atoms. The fourth-order valence-corrected chi connectivity index (χ4v) is 5.42. The molecule has 2 aromatic rings. The summed E-state index contributed by atoms with van der Waals surface area (Å²) in [7, 11) is 0. The maximum Gasteiger partial charge on any atom is 0.308 e. The van der Waals surface area contributed by atoms with Gasteiger partial charge in [-0.2, -0.15) is 0 Å². The summed E-state index contributed by atoms with van der Waals surface area (Å²) >= 11 is 0. The average Bonchev–Trinajstić information content (AvgIpc) is 2.85. The number of benzene rings is 2. The molecule has 0 amide bonds. The van der Waals surface area contributed by atoms with Crippen LogP contribution >= 0.6 is 0 Å². The summed E-state index contributed by atoms with van der Waals surface area (Å²) in [5.41, 5.74) is 3.04. The first-order chi connectivity index (χ1) is 18.5. The van der Waals surface area contributed by atoms with Crippen molar-refractivity contribution >= 4 is 22.7 Å². The van der Waals surface area contributed by atoms with Gasteiger partial charge in [-0.25, -0.2) is 0 Å². The highest BCUT2D eigenvalue weighted by molar-refractivity contribution is 5.98. The Morgan fingerprint density at radius 1 is 0.744 bits per heavy atom. The number of hydrogen-bond donors (Lipinski definition) is 0. The Hall–Kier alpha value is -2.62. The third-order valence-corrected chi connectivity index (χ3v) is 7.77. The standard InChI is InChI=1S/C35H52O4/c1-24(2)14-11-15-25(3)16-12-17-26(4)18-13-19-27(5)22-23-31-28(6)34(38-29(7)36)32-20-9-10-21-33(32)35(31)39-30(8)37/h9-10,20-22,24-26H,11-19,23H2,1-8H3/b27-22+/t25-,26-/m1/s1. The Labute approximate surface area is 237 Å². The van der Waals surface area contributed by atoms with Crippen molar-refractivity contribution < 1.29 is 19.1 Å². The maximum absolute atomic E-state index is 12.0. The van der Waals surface area contributed by atoms with Crippen LogP contribution < -0.4 is 9.47 Å². The van der Waals surface area contributed by atoms with Crippen LogP contribution in [-0.4, -0.2) is 11.9 Å². The van der Waals surface area contributed by atoms with Gasteiger partial charge in [-0.3, -0.25) is 9.59 Å². The summed E-state index contributed by atoms with van der Waals surface area (Å²) in [4.78, 5) is 23.9. The SMILES string of the molecule is CC(=O)Oc1c(C)c(C/C=C(\C)CCC[C@H](C)CCC[C@H](C)CCCC(C)C)c(OC(C)=O)c2ccccc12. The van der Waals surface area contributed by atoms with Gasteiger partial charge in [0.25, 0.3) is 0 Å². The third-order valence-electron chi connectivity index (χ3n) is 7.77. The molecule has 2 rings (SSSR count). The van der Waals surface area contributed by atoms with Gasteiger partial charge in [0.15, 0.2) is 0 Å². The normalized spacial score (nSPS) is 13.5. The molecule has 0 heterocycles. The zero-order valence-electron chi connectivity index (χ0n) is 25.8. The van der Waals surface area contributed by atoms with Gasteiger partial charge in [0.05, 0.1) is 0 Å².